The number of anilines is 1. The molecule has 1 fully saturated rings. The highest BCUT2D eigenvalue weighted by Gasteiger charge is 2.16. The van der Waals surface area contributed by atoms with Crippen molar-refractivity contribution in [3.8, 4) is 0 Å². The Morgan fingerprint density at radius 2 is 2.00 bits per heavy atom. The molecule has 0 spiro atoms. The largest absolute Gasteiger partial charge is 0.374 e. The summed E-state index contributed by atoms with van der Waals surface area (Å²) in [4.78, 5) is 2.34. The molecule has 2 nitrogen and oxygen atoms in total. The zero-order valence-corrected chi connectivity index (χ0v) is 12.6. The lowest BCUT2D eigenvalue weighted by atomic mass is 9.89. The molecule has 0 bridgehead atoms. The van der Waals surface area contributed by atoms with Gasteiger partial charge in [-0.05, 0) is 49.4 Å². The molecule has 0 saturated heterocycles. The van der Waals surface area contributed by atoms with Crippen LogP contribution in [0, 0.1) is 5.92 Å². The van der Waals surface area contributed by atoms with E-state index in [9.17, 15) is 0 Å². The third kappa shape index (κ3) is 4.12. The fourth-order valence-corrected chi connectivity index (χ4v) is 3.26. The van der Waals surface area contributed by atoms with Gasteiger partial charge in [-0.25, -0.2) is 0 Å². The Morgan fingerprint density at radius 3 is 2.63 bits per heavy atom. The van der Waals surface area contributed by atoms with Gasteiger partial charge in [-0.2, -0.15) is 0 Å². The van der Waals surface area contributed by atoms with E-state index in [-0.39, 0.29) is 0 Å². The summed E-state index contributed by atoms with van der Waals surface area (Å²) in [6.07, 6.45) is 7.82. The highest BCUT2D eigenvalue weighted by Crippen LogP contribution is 2.28. The third-order valence-corrected chi connectivity index (χ3v) is 4.50. The van der Waals surface area contributed by atoms with Crippen LogP contribution in [0.1, 0.15) is 37.7 Å². The van der Waals surface area contributed by atoms with Crippen molar-refractivity contribution in [2.75, 3.05) is 25.0 Å². The fraction of sp³-hybridized carbons (Fsp3) is 0.625. The molecule has 0 amide bonds. The van der Waals surface area contributed by atoms with Gasteiger partial charge in [0, 0.05) is 24.3 Å². The summed E-state index contributed by atoms with van der Waals surface area (Å²) in [7, 11) is 2.17. The molecule has 0 radical (unpaired) electrons. The van der Waals surface area contributed by atoms with Crippen LogP contribution in [0.15, 0.2) is 18.2 Å². The summed E-state index contributed by atoms with van der Waals surface area (Å²) in [6, 6.07) is 6.36. The molecular formula is C16H25ClN2. The Bertz CT molecular complexity index is 400. The van der Waals surface area contributed by atoms with E-state index in [0.717, 1.165) is 29.5 Å². The van der Waals surface area contributed by atoms with Crippen LogP contribution in [0.4, 0.5) is 5.69 Å². The fourth-order valence-electron chi connectivity index (χ4n) is 2.99. The summed E-state index contributed by atoms with van der Waals surface area (Å²) in [5, 5.41) is 0.846. The van der Waals surface area contributed by atoms with Gasteiger partial charge in [0.25, 0.3) is 0 Å². The molecule has 2 rings (SSSR count). The molecule has 1 saturated carbocycles. The minimum Gasteiger partial charge on any atom is -0.374 e. The molecule has 1 aliphatic rings. The van der Waals surface area contributed by atoms with Crippen molar-refractivity contribution < 1.29 is 0 Å². The minimum absolute atomic E-state index is 0.650. The second kappa shape index (κ2) is 7.16. The zero-order valence-electron chi connectivity index (χ0n) is 11.9. The van der Waals surface area contributed by atoms with Crippen molar-refractivity contribution in [2.24, 2.45) is 11.7 Å². The van der Waals surface area contributed by atoms with E-state index < -0.39 is 0 Å². The van der Waals surface area contributed by atoms with Gasteiger partial charge in [0.2, 0.25) is 0 Å². The van der Waals surface area contributed by atoms with Gasteiger partial charge in [-0.3, -0.25) is 0 Å². The number of benzene rings is 1. The summed E-state index contributed by atoms with van der Waals surface area (Å²) < 4.78 is 0. The lowest BCUT2D eigenvalue weighted by Crippen LogP contribution is -2.26. The SMILES string of the molecule is CN(CC1CCCCC1)c1ccc(CCN)c(Cl)c1. The Balaban J connectivity index is 1.98. The molecule has 2 N–H and O–H groups in total. The summed E-state index contributed by atoms with van der Waals surface area (Å²) in [6.45, 7) is 1.80. The van der Waals surface area contributed by atoms with Crippen LogP contribution in [0.2, 0.25) is 5.02 Å². The minimum atomic E-state index is 0.650. The van der Waals surface area contributed by atoms with Crippen molar-refractivity contribution in [2.45, 2.75) is 38.5 Å². The third-order valence-electron chi connectivity index (χ3n) is 4.15. The Hall–Kier alpha value is -0.730. The lowest BCUT2D eigenvalue weighted by Gasteiger charge is -2.28. The number of hydrogen-bond acceptors (Lipinski definition) is 2. The van der Waals surface area contributed by atoms with Crippen molar-refractivity contribution in [3.05, 3.63) is 28.8 Å². The molecule has 1 aliphatic carbocycles. The summed E-state index contributed by atoms with van der Waals surface area (Å²) >= 11 is 6.31. The van der Waals surface area contributed by atoms with Gasteiger partial charge < -0.3 is 10.6 Å². The van der Waals surface area contributed by atoms with Gasteiger partial charge in [0.1, 0.15) is 0 Å². The molecular weight excluding hydrogens is 256 g/mol. The van der Waals surface area contributed by atoms with E-state index in [2.05, 4.69) is 30.1 Å². The number of hydrogen-bond donors (Lipinski definition) is 1. The topological polar surface area (TPSA) is 29.3 Å². The number of halogens is 1. The first-order valence-electron chi connectivity index (χ1n) is 7.40. The van der Waals surface area contributed by atoms with E-state index in [0.29, 0.717) is 6.54 Å². The van der Waals surface area contributed by atoms with Gasteiger partial charge in [0.15, 0.2) is 0 Å². The molecule has 0 aliphatic heterocycles. The van der Waals surface area contributed by atoms with Crippen LogP contribution in [0.5, 0.6) is 0 Å². The van der Waals surface area contributed by atoms with Crippen LogP contribution in [-0.2, 0) is 6.42 Å². The van der Waals surface area contributed by atoms with Crippen LogP contribution >= 0.6 is 11.6 Å². The number of nitrogens with two attached hydrogens (primary N) is 1. The van der Waals surface area contributed by atoms with Gasteiger partial charge >= 0.3 is 0 Å². The maximum absolute atomic E-state index is 6.31. The highest BCUT2D eigenvalue weighted by atomic mass is 35.5. The van der Waals surface area contributed by atoms with Crippen LogP contribution in [0.3, 0.4) is 0 Å². The van der Waals surface area contributed by atoms with E-state index >= 15 is 0 Å². The van der Waals surface area contributed by atoms with Gasteiger partial charge in [-0.1, -0.05) is 36.9 Å². The van der Waals surface area contributed by atoms with Crippen molar-refractivity contribution in [1.29, 1.82) is 0 Å². The van der Waals surface area contributed by atoms with Crippen molar-refractivity contribution in [3.63, 3.8) is 0 Å². The first-order valence-corrected chi connectivity index (χ1v) is 7.78. The Morgan fingerprint density at radius 1 is 1.26 bits per heavy atom. The first-order chi connectivity index (χ1) is 9.20. The van der Waals surface area contributed by atoms with E-state index in [1.54, 1.807) is 0 Å². The monoisotopic (exact) mass is 280 g/mol. The molecule has 0 unspecified atom stereocenters. The van der Waals surface area contributed by atoms with E-state index in [1.807, 2.05) is 0 Å². The molecule has 1 aromatic carbocycles. The molecule has 0 aromatic heterocycles. The predicted molar refractivity (Wildman–Crippen MR) is 84.1 cm³/mol. The second-order valence-electron chi connectivity index (χ2n) is 5.70. The average molecular weight is 281 g/mol. The standard InChI is InChI=1S/C16H25ClN2/c1-19(12-13-5-3-2-4-6-13)15-8-7-14(9-10-18)16(17)11-15/h7-8,11,13H,2-6,9-10,12,18H2,1H3. The highest BCUT2D eigenvalue weighted by molar-refractivity contribution is 6.31. The Labute approximate surface area is 121 Å². The Kier molecular flexibility index (Phi) is 5.53. The van der Waals surface area contributed by atoms with Crippen molar-refractivity contribution in [1.82, 2.24) is 0 Å². The second-order valence-corrected chi connectivity index (χ2v) is 6.11. The molecule has 0 atom stereocenters. The molecule has 106 valence electrons. The predicted octanol–water partition coefficient (Wildman–Crippen LogP) is 3.86. The van der Waals surface area contributed by atoms with Crippen molar-refractivity contribution >= 4 is 17.3 Å². The maximum Gasteiger partial charge on any atom is 0.0459 e. The number of rotatable bonds is 5. The van der Waals surface area contributed by atoms with E-state index in [4.69, 9.17) is 17.3 Å². The molecule has 19 heavy (non-hydrogen) atoms. The smallest absolute Gasteiger partial charge is 0.0459 e. The van der Waals surface area contributed by atoms with Crippen LogP contribution in [0.25, 0.3) is 0 Å². The van der Waals surface area contributed by atoms with E-state index in [1.165, 1.54) is 37.8 Å². The normalized spacial score (nSPS) is 16.6. The quantitative estimate of drug-likeness (QED) is 0.887. The zero-order chi connectivity index (χ0) is 13.7. The number of nitrogens with zero attached hydrogens (tertiary/aromatic N) is 1. The average Bonchev–Trinajstić information content (AvgIpc) is 2.42. The summed E-state index contributed by atoms with van der Waals surface area (Å²) in [5.74, 6) is 0.848. The van der Waals surface area contributed by atoms with Gasteiger partial charge in [0.05, 0.1) is 0 Å². The molecule has 0 heterocycles. The summed E-state index contributed by atoms with van der Waals surface area (Å²) in [5.41, 5.74) is 7.95. The van der Waals surface area contributed by atoms with Crippen LogP contribution < -0.4 is 10.6 Å². The molecule has 3 heteroatoms. The van der Waals surface area contributed by atoms with Crippen LogP contribution in [-0.4, -0.2) is 20.1 Å². The lowest BCUT2D eigenvalue weighted by molar-refractivity contribution is 0.362. The molecule has 1 aromatic rings. The first kappa shape index (κ1) is 14.7. The maximum atomic E-state index is 6.31. The van der Waals surface area contributed by atoms with Gasteiger partial charge in [-0.15, -0.1) is 0 Å².